The van der Waals surface area contributed by atoms with Crippen LogP contribution in [0.25, 0.3) is 0 Å². The zero-order valence-electron chi connectivity index (χ0n) is 15.3. The molecule has 0 aromatic heterocycles. The summed E-state index contributed by atoms with van der Waals surface area (Å²) in [5.41, 5.74) is 7.82. The Bertz CT molecular complexity index is 917. The van der Waals surface area contributed by atoms with Gasteiger partial charge in [-0.1, -0.05) is 36.4 Å². The lowest BCUT2D eigenvalue weighted by Gasteiger charge is -2.17. The summed E-state index contributed by atoms with van der Waals surface area (Å²) in [6.45, 7) is 4.65. The highest BCUT2D eigenvalue weighted by Gasteiger charge is 2.34. The van der Waals surface area contributed by atoms with Crippen LogP contribution in [0.4, 0.5) is 0 Å². The van der Waals surface area contributed by atoms with Crippen molar-refractivity contribution in [3.8, 4) is 0 Å². The van der Waals surface area contributed by atoms with Crippen LogP contribution in [0, 0.1) is 0 Å². The van der Waals surface area contributed by atoms with Gasteiger partial charge in [0.15, 0.2) is 0 Å². The Morgan fingerprint density at radius 2 is 1.79 bits per heavy atom. The lowest BCUT2D eigenvalue weighted by molar-refractivity contribution is 0.0789. The summed E-state index contributed by atoms with van der Waals surface area (Å²) < 4.78 is 26.6. The van der Waals surface area contributed by atoms with Crippen LogP contribution < -0.4 is 10.5 Å². The Morgan fingerprint density at radius 3 is 2.39 bits per heavy atom. The number of hydrogen-bond acceptors (Lipinski definition) is 4. The summed E-state index contributed by atoms with van der Waals surface area (Å²) in [5.74, 6) is -0.0511. The minimum atomic E-state index is -3.60. The molecule has 0 spiro atoms. The number of sulfonamides is 1. The predicted molar refractivity (Wildman–Crippen MR) is 112 cm³/mol. The van der Waals surface area contributed by atoms with Crippen molar-refractivity contribution < 1.29 is 13.2 Å². The average Bonchev–Trinajstić information content (AvgIpc) is 3.08. The summed E-state index contributed by atoms with van der Waals surface area (Å²) in [5, 5.41) is 0. The van der Waals surface area contributed by atoms with E-state index in [0.29, 0.717) is 18.7 Å². The monoisotopic (exact) mass is 421 g/mol. The number of nitrogens with one attached hydrogen (secondary N) is 1. The first-order valence-electron chi connectivity index (χ1n) is 8.73. The van der Waals surface area contributed by atoms with Crippen LogP contribution in [0.15, 0.2) is 72.1 Å². The molecule has 1 aliphatic heterocycles. The Morgan fingerprint density at radius 1 is 1.14 bits per heavy atom. The van der Waals surface area contributed by atoms with Crippen LogP contribution in [-0.2, 0) is 10.0 Å². The van der Waals surface area contributed by atoms with Crippen LogP contribution in [0.1, 0.15) is 21.8 Å². The molecule has 28 heavy (non-hydrogen) atoms. The van der Waals surface area contributed by atoms with Gasteiger partial charge in [-0.25, -0.2) is 13.1 Å². The quantitative estimate of drug-likeness (QED) is 0.699. The SMILES string of the molecule is C=CCNS(=O)(=O)c1ccc(C(=O)N2C[C@@H](N)[C@H](c3ccccc3)C2)cc1.Cl. The van der Waals surface area contributed by atoms with E-state index in [9.17, 15) is 13.2 Å². The lowest BCUT2D eigenvalue weighted by atomic mass is 9.95. The first-order valence-corrected chi connectivity index (χ1v) is 10.2. The number of nitrogens with two attached hydrogens (primary N) is 1. The van der Waals surface area contributed by atoms with Gasteiger partial charge in [-0.2, -0.15) is 0 Å². The van der Waals surface area contributed by atoms with E-state index in [0.717, 1.165) is 5.56 Å². The zero-order chi connectivity index (χ0) is 19.4. The highest BCUT2D eigenvalue weighted by Crippen LogP contribution is 2.27. The first kappa shape index (κ1) is 22.1. The minimum absolute atomic E-state index is 0. The second kappa shape index (κ2) is 9.34. The van der Waals surface area contributed by atoms with Crippen LogP contribution in [0.3, 0.4) is 0 Å². The third kappa shape index (κ3) is 4.80. The number of hydrogen-bond donors (Lipinski definition) is 2. The maximum atomic E-state index is 12.8. The summed E-state index contributed by atoms with van der Waals surface area (Å²) >= 11 is 0. The summed E-state index contributed by atoms with van der Waals surface area (Å²) in [6, 6.07) is 15.7. The third-order valence-electron chi connectivity index (χ3n) is 4.71. The Hall–Kier alpha value is -2.19. The van der Waals surface area contributed by atoms with Gasteiger partial charge in [-0.15, -0.1) is 19.0 Å². The molecule has 0 saturated carbocycles. The molecule has 6 nitrogen and oxygen atoms in total. The fraction of sp³-hybridized carbons (Fsp3) is 0.250. The number of carbonyl (C=O) groups excluding carboxylic acids is 1. The van der Waals surface area contributed by atoms with Gasteiger partial charge in [0.2, 0.25) is 10.0 Å². The molecule has 0 aliphatic carbocycles. The maximum absolute atomic E-state index is 12.8. The van der Waals surface area contributed by atoms with Crippen molar-refractivity contribution >= 4 is 28.3 Å². The van der Waals surface area contributed by atoms with Crippen molar-refractivity contribution in [1.29, 1.82) is 0 Å². The first-order chi connectivity index (χ1) is 12.9. The maximum Gasteiger partial charge on any atom is 0.253 e. The highest BCUT2D eigenvalue weighted by atomic mass is 35.5. The highest BCUT2D eigenvalue weighted by molar-refractivity contribution is 7.89. The van der Waals surface area contributed by atoms with Crippen molar-refractivity contribution in [3.63, 3.8) is 0 Å². The molecule has 150 valence electrons. The van der Waals surface area contributed by atoms with Gasteiger partial charge >= 0.3 is 0 Å². The molecule has 3 rings (SSSR count). The molecule has 1 saturated heterocycles. The second-order valence-corrected chi connectivity index (χ2v) is 8.32. The van der Waals surface area contributed by atoms with Gasteiger partial charge in [0.05, 0.1) is 4.90 Å². The summed E-state index contributed by atoms with van der Waals surface area (Å²) in [6.07, 6.45) is 1.47. The largest absolute Gasteiger partial charge is 0.336 e. The molecule has 2 atom stereocenters. The van der Waals surface area contributed by atoms with E-state index in [4.69, 9.17) is 5.73 Å². The number of likely N-dealkylation sites (tertiary alicyclic amines) is 1. The average molecular weight is 422 g/mol. The van der Waals surface area contributed by atoms with Crippen molar-refractivity contribution in [2.24, 2.45) is 5.73 Å². The van der Waals surface area contributed by atoms with Crippen LogP contribution in [0.5, 0.6) is 0 Å². The van der Waals surface area contributed by atoms with E-state index >= 15 is 0 Å². The number of carbonyl (C=O) groups is 1. The molecule has 2 aromatic rings. The second-order valence-electron chi connectivity index (χ2n) is 6.56. The number of amides is 1. The molecule has 0 bridgehead atoms. The molecule has 2 aromatic carbocycles. The van der Waals surface area contributed by atoms with Crippen LogP contribution in [0.2, 0.25) is 0 Å². The number of rotatable bonds is 6. The fourth-order valence-electron chi connectivity index (χ4n) is 3.26. The molecule has 1 heterocycles. The number of nitrogens with zero attached hydrogens (tertiary/aromatic N) is 1. The number of benzene rings is 2. The predicted octanol–water partition coefficient (Wildman–Crippen LogP) is 2.14. The molecule has 1 amide bonds. The zero-order valence-corrected chi connectivity index (χ0v) is 17.0. The molecule has 1 fully saturated rings. The van der Waals surface area contributed by atoms with E-state index in [2.05, 4.69) is 11.3 Å². The van der Waals surface area contributed by atoms with Gasteiger partial charge in [0.1, 0.15) is 0 Å². The summed E-state index contributed by atoms with van der Waals surface area (Å²) in [4.78, 5) is 14.6. The van der Waals surface area contributed by atoms with Gasteiger partial charge in [0, 0.05) is 37.2 Å². The van der Waals surface area contributed by atoms with E-state index in [1.165, 1.54) is 30.3 Å². The molecular formula is C20H24ClN3O3S. The number of halogens is 1. The van der Waals surface area contributed by atoms with E-state index in [-0.39, 0.29) is 41.7 Å². The third-order valence-corrected chi connectivity index (χ3v) is 6.15. The lowest BCUT2D eigenvalue weighted by Crippen LogP contribution is -2.32. The van der Waals surface area contributed by atoms with Crippen LogP contribution >= 0.6 is 12.4 Å². The van der Waals surface area contributed by atoms with Crippen molar-refractivity contribution in [2.45, 2.75) is 16.9 Å². The van der Waals surface area contributed by atoms with E-state index in [1.54, 1.807) is 4.90 Å². The van der Waals surface area contributed by atoms with E-state index in [1.807, 2.05) is 30.3 Å². The molecule has 3 N–H and O–H groups in total. The molecule has 8 heteroatoms. The Balaban J connectivity index is 0.00000280. The van der Waals surface area contributed by atoms with Gasteiger partial charge in [-0.3, -0.25) is 4.79 Å². The topological polar surface area (TPSA) is 92.5 Å². The van der Waals surface area contributed by atoms with E-state index < -0.39 is 10.0 Å². The van der Waals surface area contributed by atoms with Gasteiger partial charge < -0.3 is 10.6 Å². The van der Waals surface area contributed by atoms with Gasteiger partial charge in [0.25, 0.3) is 5.91 Å². The molecule has 0 radical (unpaired) electrons. The molecule has 1 aliphatic rings. The minimum Gasteiger partial charge on any atom is -0.336 e. The van der Waals surface area contributed by atoms with Crippen LogP contribution in [-0.4, -0.2) is 44.9 Å². The van der Waals surface area contributed by atoms with Gasteiger partial charge in [-0.05, 0) is 29.8 Å². The Kier molecular flexibility index (Phi) is 7.37. The standard InChI is InChI=1S/C20H23N3O3S.ClH/c1-2-12-22-27(25,26)17-10-8-16(9-11-17)20(24)23-13-18(19(21)14-23)15-6-4-3-5-7-15;/h2-11,18-19,22H,1,12-14,21H2;1H/t18-,19+;/m0./s1. The molecule has 0 unspecified atom stereocenters. The molecular weight excluding hydrogens is 398 g/mol. The van der Waals surface area contributed by atoms with Crippen molar-refractivity contribution in [2.75, 3.05) is 19.6 Å². The normalized spacial score (nSPS) is 19.1. The smallest absolute Gasteiger partial charge is 0.253 e. The fourth-order valence-corrected chi connectivity index (χ4v) is 4.26. The van der Waals surface area contributed by atoms with Crippen molar-refractivity contribution in [1.82, 2.24) is 9.62 Å². The summed E-state index contributed by atoms with van der Waals surface area (Å²) in [7, 11) is -3.60. The van der Waals surface area contributed by atoms with Crippen molar-refractivity contribution in [3.05, 3.63) is 78.4 Å². The Labute approximate surface area is 171 Å².